The zero-order valence-electron chi connectivity index (χ0n) is 29.5. The summed E-state index contributed by atoms with van der Waals surface area (Å²) in [6.07, 6.45) is 0.0173. The minimum absolute atomic E-state index is 0.0461. The van der Waals surface area contributed by atoms with Gasteiger partial charge in [0, 0.05) is 11.5 Å². The topological polar surface area (TPSA) is 99.6 Å². The molecule has 0 saturated carbocycles. The standard InChI is InChI=1S/C15H21NO3S.C15H19NO3S.C6H15N/c2*1-15(2,3)19-14(18)16-12(9-17)10-20-13(16)11-7-5-4-6-8-11;1-4-7(5-2)6-3/h4-8,12-13,17H,9-10H2,1-3H3;4-9,12-13H,10H2,1-3H3;4-6H2,1-3H3/t2*12-,13-;/m11./s1. The van der Waals surface area contributed by atoms with Crippen LogP contribution in [0.5, 0.6) is 0 Å². The molecule has 2 aromatic rings. The molecule has 9 nitrogen and oxygen atoms in total. The normalized spacial score (nSPS) is 20.9. The summed E-state index contributed by atoms with van der Waals surface area (Å²) in [5.74, 6) is 1.32. The van der Waals surface area contributed by atoms with Crippen LogP contribution in [-0.2, 0) is 14.3 Å². The van der Waals surface area contributed by atoms with E-state index in [-0.39, 0.29) is 29.5 Å². The minimum atomic E-state index is -0.570. The van der Waals surface area contributed by atoms with Crippen molar-refractivity contribution in [1.82, 2.24) is 14.7 Å². The van der Waals surface area contributed by atoms with Crippen LogP contribution in [0, 0.1) is 0 Å². The summed E-state index contributed by atoms with van der Waals surface area (Å²) in [7, 11) is 0. The van der Waals surface area contributed by atoms with Gasteiger partial charge >= 0.3 is 12.2 Å². The molecule has 0 spiro atoms. The van der Waals surface area contributed by atoms with Crippen LogP contribution >= 0.6 is 23.5 Å². The molecule has 2 amide bonds. The Labute approximate surface area is 290 Å². The van der Waals surface area contributed by atoms with E-state index in [0.717, 1.165) is 23.2 Å². The van der Waals surface area contributed by atoms with Crippen LogP contribution in [-0.4, -0.2) is 99.3 Å². The SMILES string of the molecule is CC(C)(C)OC(=O)N1[C@H](C=O)CS[C@@H]1c1ccccc1.CC(C)(C)OC(=O)N1[C@H](CO)CS[C@@H]1c1ccccc1.CCN(CC)CC. The second-order valence-electron chi connectivity index (χ2n) is 13.1. The predicted molar refractivity (Wildman–Crippen MR) is 194 cm³/mol. The lowest BCUT2D eigenvalue weighted by Crippen LogP contribution is -2.43. The molecule has 2 aromatic carbocycles. The number of hydrogen-bond donors (Lipinski definition) is 1. The molecule has 11 heteroatoms. The first kappa shape index (κ1) is 40.4. The number of hydrogen-bond acceptors (Lipinski definition) is 9. The maximum atomic E-state index is 12.4. The Hall–Kier alpha value is -2.73. The molecular formula is C36H55N3O6S2. The van der Waals surface area contributed by atoms with Crippen LogP contribution in [0.3, 0.4) is 0 Å². The molecule has 2 saturated heterocycles. The fourth-order valence-corrected chi connectivity index (χ4v) is 7.66. The third-order valence-electron chi connectivity index (χ3n) is 7.21. The largest absolute Gasteiger partial charge is 0.444 e. The number of aliphatic hydroxyl groups excluding tert-OH is 1. The molecule has 0 aliphatic carbocycles. The van der Waals surface area contributed by atoms with Gasteiger partial charge in [0.15, 0.2) is 0 Å². The lowest BCUT2D eigenvalue weighted by atomic mass is 10.2. The highest BCUT2D eigenvalue weighted by Crippen LogP contribution is 2.42. The van der Waals surface area contributed by atoms with Gasteiger partial charge in [0.25, 0.3) is 0 Å². The quantitative estimate of drug-likeness (QED) is 0.295. The monoisotopic (exact) mass is 689 g/mol. The molecule has 2 heterocycles. The number of amides is 2. The van der Waals surface area contributed by atoms with Crippen LogP contribution < -0.4 is 0 Å². The molecule has 2 fully saturated rings. The summed E-state index contributed by atoms with van der Waals surface area (Å²) in [4.78, 5) is 41.5. The summed E-state index contributed by atoms with van der Waals surface area (Å²) in [5, 5.41) is 9.23. The van der Waals surface area contributed by atoms with Crippen LogP contribution in [0.15, 0.2) is 60.7 Å². The Morgan fingerprint density at radius 3 is 1.53 bits per heavy atom. The predicted octanol–water partition coefficient (Wildman–Crippen LogP) is 7.61. The van der Waals surface area contributed by atoms with Crippen molar-refractivity contribution in [3.63, 3.8) is 0 Å². The fourth-order valence-electron chi connectivity index (χ4n) is 4.85. The highest BCUT2D eigenvalue weighted by atomic mass is 32.2. The average molecular weight is 690 g/mol. The molecule has 0 radical (unpaired) electrons. The third-order valence-corrected chi connectivity index (χ3v) is 9.96. The molecule has 47 heavy (non-hydrogen) atoms. The number of thioether (sulfide) groups is 2. The number of ether oxygens (including phenoxy) is 2. The second-order valence-corrected chi connectivity index (χ2v) is 15.4. The third kappa shape index (κ3) is 13.0. The lowest BCUT2D eigenvalue weighted by molar-refractivity contribution is -0.111. The highest BCUT2D eigenvalue weighted by molar-refractivity contribution is 8.00. The van der Waals surface area contributed by atoms with Crippen LogP contribution in [0.4, 0.5) is 9.59 Å². The van der Waals surface area contributed by atoms with Crippen molar-refractivity contribution < 1.29 is 29.0 Å². The fraction of sp³-hybridized carbons (Fsp3) is 0.583. The van der Waals surface area contributed by atoms with Crippen LogP contribution in [0.2, 0.25) is 0 Å². The van der Waals surface area contributed by atoms with E-state index >= 15 is 0 Å². The number of rotatable bonds is 7. The van der Waals surface area contributed by atoms with Crippen molar-refractivity contribution in [2.24, 2.45) is 0 Å². The molecule has 2 aliphatic heterocycles. The second kappa shape index (κ2) is 19.3. The van der Waals surface area contributed by atoms with Crippen molar-refractivity contribution in [3.05, 3.63) is 71.8 Å². The van der Waals surface area contributed by atoms with E-state index in [4.69, 9.17) is 9.47 Å². The van der Waals surface area contributed by atoms with E-state index in [1.807, 2.05) is 102 Å². The van der Waals surface area contributed by atoms with Crippen LogP contribution in [0.1, 0.15) is 84.2 Å². The molecule has 262 valence electrons. The smallest absolute Gasteiger partial charge is 0.412 e. The number of carbonyl (C=O) groups is 3. The number of nitrogens with zero attached hydrogens (tertiary/aromatic N) is 3. The van der Waals surface area contributed by atoms with Crippen LogP contribution in [0.25, 0.3) is 0 Å². The van der Waals surface area contributed by atoms with E-state index < -0.39 is 23.3 Å². The van der Waals surface area contributed by atoms with E-state index in [1.165, 1.54) is 24.5 Å². The first-order chi connectivity index (χ1) is 22.2. The summed E-state index contributed by atoms with van der Waals surface area (Å²) >= 11 is 3.24. The van der Waals surface area contributed by atoms with Crippen molar-refractivity contribution in [2.45, 2.75) is 96.3 Å². The Bertz CT molecular complexity index is 1210. The molecule has 0 aromatic heterocycles. The Morgan fingerprint density at radius 1 is 0.766 bits per heavy atom. The van der Waals surface area contributed by atoms with Gasteiger partial charge < -0.3 is 24.3 Å². The van der Waals surface area contributed by atoms with Gasteiger partial charge in [0.1, 0.15) is 34.3 Å². The van der Waals surface area contributed by atoms with Crippen molar-refractivity contribution in [3.8, 4) is 0 Å². The van der Waals surface area contributed by atoms with Gasteiger partial charge in [-0.15, -0.1) is 23.5 Å². The number of aldehydes is 1. The Kier molecular flexibility index (Phi) is 16.6. The van der Waals surface area contributed by atoms with E-state index in [2.05, 4.69) is 25.7 Å². The Morgan fingerprint density at radius 2 is 1.17 bits per heavy atom. The van der Waals surface area contributed by atoms with Crippen molar-refractivity contribution >= 4 is 42.0 Å². The number of carbonyl (C=O) groups excluding carboxylic acids is 3. The zero-order valence-corrected chi connectivity index (χ0v) is 31.2. The number of benzene rings is 2. The lowest BCUT2D eigenvalue weighted by Gasteiger charge is -2.31. The molecule has 0 bridgehead atoms. The first-order valence-electron chi connectivity index (χ1n) is 16.3. The zero-order chi connectivity index (χ0) is 35.2. The van der Waals surface area contributed by atoms with E-state index in [1.54, 1.807) is 28.4 Å². The highest BCUT2D eigenvalue weighted by Gasteiger charge is 2.41. The van der Waals surface area contributed by atoms with Crippen molar-refractivity contribution in [1.29, 1.82) is 0 Å². The van der Waals surface area contributed by atoms with Gasteiger partial charge in [-0.1, -0.05) is 81.4 Å². The summed E-state index contributed by atoms with van der Waals surface area (Å²) in [5.41, 5.74) is 0.956. The molecule has 1 N–H and O–H groups in total. The van der Waals surface area contributed by atoms with Gasteiger partial charge in [0.05, 0.1) is 12.6 Å². The molecule has 0 unspecified atom stereocenters. The van der Waals surface area contributed by atoms with Gasteiger partial charge in [0.2, 0.25) is 0 Å². The summed E-state index contributed by atoms with van der Waals surface area (Å²) < 4.78 is 10.9. The first-order valence-corrected chi connectivity index (χ1v) is 18.4. The van der Waals surface area contributed by atoms with Gasteiger partial charge in [-0.3, -0.25) is 9.80 Å². The average Bonchev–Trinajstić information content (AvgIpc) is 3.67. The molecular weight excluding hydrogens is 635 g/mol. The van der Waals surface area contributed by atoms with Gasteiger partial charge in [-0.25, -0.2) is 9.59 Å². The van der Waals surface area contributed by atoms with E-state index in [9.17, 15) is 19.5 Å². The van der Waals surface area contributed by atoms with Gasteiger partial charge in [-0.05, 0) is 72.3 Å². The maximum absolute atomic E-state index is 12.4. The molecule has 4 rings (SSSR count). The number of aliphatic hydroxyl groups is 1. The summed E-state index contributed by atoms with van der Waals surface area (Å²) in [6.45, 7) is 21.1. The van der Waals surface area contributed by atoms with E-state index in [0.29, 0.717) is 5.75 Å². The molecule has 2 aliphatic rings. The Balaban J connectivity index is 0.000000273. The molecule has 4 atom stereocenters. The van der Waals surface area contributed by atoms with Gasteiger partial charge in [-0.2, -0.15) is 0 Å². The summed E-state index contributed by atoms with van der Waals surface area (Å²) in [6, 6.07) is 18.9. The minimum Gasteiger partial charge on any atom is -0.444 e. The van der Waals surface area contributed by atoms with Crippen molar-refractivity contribution in [2.75, 3.05) is 37.7 Å². The maximum Gasteiger partial charge on any atom is 0.412 e.